The molecule has 1 aliphatic heterocycles. The molecule has 1 heterocycles. The summed E-state index contributed by atoms with van der Waals surface area (Å²) in [6.07, 6.45) is 2.40. The third-order valence-corrected chi connectivity index (χ3v) is 3.82. The van der Waals surface area contributed by atoms with Crippen LogP contribution in [0.3, 0.4) is 0 Å². The third kappa shape index (κ3) is 3.06. The van der Waals surface area contributed by atoms with Crippen molar-refractivity contribution in [3.63, 3.8) is 0 Å². The molecule has 0 saturated carbocycles. The highest BCUT2D eigenvalue weighted by molar-refractivity contribution is 5.91. The number of carbonyl (C=O) groups is 1. The van der Waals surface area contributed by atoms with Crippen LogP contribution in [0.1, 0.15) is 40.0 Å². The van der Waals surface area contributed by atoms with Crippen LogP contribution >= 0.6 is 0 Å². The van der Waals surface area contributed by atoms with E-state index in [2.05, 4.69) is 0 Å². The number of allylic oxidation sites excluding steroid dienone is 1. The molecule has 0 aliphatic carbocycles. The molecule has 0 spiro atoms. The van der Waals surface area contributed by atoms with Gasteiger partial charge < -0.3 is 10.0 Å². The summed E-state index contributed by atoms with van der Waals surface area (Å²) in [5.41, 5.74) is 0.350. The Morgan fingerprint density at radius 1 is 1.35 bits per heavy atom. The predicted molar refractivity (Wildman–Crippen MR) is 65.1 cm³/mol. The zero-order chi connectivity index (χ0) is 13.1. The molecule has 1 rings (SSSR count). The lowest BCUT2D eigenvalue weighted by Gasteiger charge is -2.40. The van der Waals surface area contributed by atoms with Crippen molar-refractivity contribution >= 4 is 5.91 Å². The maximum atomic E-state index is 13.5. The van der Waals surface area contributed by atoms with Crippen LogP contribution in [0.4, 0.5) is 4.39 Å². The van der Waals surface area contributed by atoms with Gasteiger partial charge in [-0.2, -0.15) is 0 Å². The van der Waals surface area contributed by atoms with Gasteiger partial charge in [0.1, 0.15) is 0 Å². The number of amides is 1. The zero-order valence-corrected chi connectivity index (χ0v) is 10.9. The van der Waals surface area contributed by atoms with Crippen LogP contribution in [-0.4, -0.2) is 35.6 Å². The fourth-order valence-corrected chi connectivity index (χ4v) is 2.16. The molecule has 0 bridgehead atoms. The molecule has 1 aliphatic rings. The monoisotopic (exact) mass is 243 g/mol. The first kappa shape index (κ1) is 14.2. The van der Waals surface area contributed by atoms with Gasteiger partial charge in [-0.05, 0) is 44.1 Å². The number of aliphatic hydroxyl groups is 1. The van der Waals surface area contributed by atoms with Gasteiger partial charge in [0.05, 0.1) is 0 Å². The summed E-state index contributed by atoms with van der Waals surface area (Å²) >= 11 is 0. The van der Waals surface area contributed by atoms with Crippen molar-refractivity contribution < 1.29 is 14.3 Å². The number of aliphatic hydroxyl groups excluding tert-OH is 1. The number of hydrogen-bond donors (Lipinski definition) is 1. The molecule has 0 radical (unpaired) electrons. The average molecular weight is 243 g/mol. The van der Waals surface area contributed by atoms with Crippen molar-refractivity contribution in [3.05, 3.63) is 11.4 Å². The van der Waals surface area contributed by atoms with Gasteiger partial charge in [-0.25, -0.2) is 4.39 Å². The second-order valence-electron chi connectivity index (χ2n) is 5.12. The minimum Gasteiger partial charge on any atom is -0.396 e. The van der Waals surface area contributed by atoms with Crippen molar-refractivity contribution in [2.24, 2.45) is 5.41 Å². The summed E-state index contributed by atoms with van der Waals surface area (Å²) in [5.74, 6) is -1.15. The largest absolute Gasteiger partial charge is 0.396 e. The Hall–Kier alpha value is -0.900. The maximum Gasteiger partial charge on any atom is 0.282 e. The van der Waals surface area contributed by atoms with E-state index < -0.39 is 11.7 Å². The molecular weight excluding hydrogens is 221 g/mol. The van der Waals surface area contributed by atoms with Gasteiger partial charge in [0.15, 0.2) is 5.83 Å². The van der Waals surface area contributed by atoms with E-state index in [4.69, 9.17) is 0 Å². The first-order chi connectivity index (χ1) is 7.95. The smallest absolute Gasteiger partial charge is 0.282 e. The first-order valence-electron chi connectivity index (χ1n) is 6.19. The van der Waals surface area contributed by atoms with E-state index in [1.807, 2.05) is 6.92 Å². The zero-order valence-electron chi connectivity index (χ0n) is 10.9. The molecule has 1 N–H and O–H groups in total. The minimum absolute atomic E-state index is 0.0712. The summed E-state index contributed by atoms with van der Waals surface area (Å²) in [5, 5.41) is 9.38. The van der Waals surface area contributed by atoms with Gasteiger partial charge in [0.2, 0.25) is 0 Å². The van der Waals surface area contributed by atoms with E-state index in [0.29, 0.717) is 18.7 Å². The lowest BCUT2D eigenvalue weighted by molar-refractivity contribution is -0.131. The molecule has 1 amide bonds. The van der Waals surface area contributed by atoms with Gasteiger partial charge in [-0.1, -0.05) is 6.92 Å². The van der Waals surface area contributed by atoms with Gasteiger partial charge in [-0.15, -0.1) is 0 Å². The lowest BCUT2D eigenvalue weighted by Crippen LogP contribution is -2.44. The fraction of sp³-hybridized carbons (Fsp3) is 0.769. The van der Waals surface area contributed by atoms with Crippen LogP contribution in [0.15, 0.2) is 11.4 Å². The molecule has 98 valence electrons. The topological polar surface area (TPSA) is 40.5 Å². The van der Waals surface area contributed by atoms with Crippen molar-refractivity contribution in [2.75, 3.05) is 19.7 Å². The summed E-state index contributed by atoms with van der Waals surface area (Å²) in [6, 6.07) is 0. The molecule has 4 heteroatoms. The molecule has 0 atom stereocenters. The fourth-order valence-electron chi connectivity index (χ4n) is 2.16. The molecule has 17 heavy (non-hydrogen) atoms. The van der Waals surface area contributed by atoms with Crippen LogP contribution in [0.5, 0.6) is 0 Å². The Kier molecular flexibility index (Phi) is 4.69. The molecule has 0 aromatic rings. The Labute approximate surface area is 102 Å². The normalized spacial score (nSPS) is 19.0. The molecule has 0 aromatic carbocycles. The van der Waals surface area contributed by atoms with Crippen LogP contribution in [0.25, 0.3) is 0 Å². The van der Waals surface area contributed by atoms with E-state index in [-0.39, 0.29) is 12.0 Å². The first-order valence-corrected chi connectivity index (χ1v) is 6.19. The number of nitrogens with zero attached hydrogens (tertiary/aromatic N) is 1. The Morgan fingerprint density at radius 2 is 1.88 bits per heavy atom. The number of piperidine rings is 1. The molecular formula is C13H22FNO2. The van der Waals surface area contributed by atoms with Crippen LogP contribution < -0.4 is 0 Å². The lowest BCUT2D eigenvalue weighted by atomic mass is 9.77. The van der Waals surface area contributed by atoms with E-state index in [0.717, 1.165) is 19.3 Å². The maximum absolute atomic E-state index is 13.5. The van der Waals surface area contributed by atoms with Crippen molar-refractivity contribution in [1.29, 1.82) is 0 Å². The van der Waals surface area contributed by atoms with E-state index >= 15 is 0 Å². The van der Waals surface area contributed by atoms with Gasteiger partial charge in [0.25, 0.3) is 5.91 Å². The van der Waals surface area contributed by atoms with Crippen molar-refractivity contribution in [1.82, 2.24) is 4.90 Å². The van der Waals surface area contributed by atoms with Crippen molar-refractivity contribution in [2.45, 2.75) is 40.0 Å². The number of halogens is 1. The molecule has 1 saturated heterocycles. The molecule has 3 nitrogen and oxygen atoms in total. The number of carbonyl (C=O) groups excluding carboxylic acids is 1. The number of hydrogen-bond acceptors (Lipinski definition) is 2. The molecule has 1 fully saturated rings. The summed E-state index contributed by atoms with van der Waals surface area (Å²) in [6.45, 7) is 6.46. The van der Waals surface area contributed by atoms with E-state index in [1.165, 1.54) is 0 Å². The highest BCUT2D eigenvalue weighted by Gasteiger charge is 2.34. The van der Waals surface area contributed by atoms with E-state index in [1.54, 1.807) is 18.7 Å². The molecule has 0 unspecified atom stereocenters. The predicted octanol–water partition coefficient (Wildman–Crippen LogP) is 2.26. The summed E-state index contributed by atoms with van der Waals surface area (Å²) in [7, 11) is 0. The highest BCUT2D eigenvalue weighted by atomic mass is 19.1. The van der Waals surface area contributed by atoms with Gasteiger partial charge in [-0.3, -0.25) is 4.79 Å². The van der Waals surface area contributed by atoms with Gasteiger partial charge >= 0.3 is 0 Å². The summed E-state index contributed by atoms with van der Waals surface area (Å²) in [4.78, 5) is 13.3. The highest BCUT2D eigenvalue weighted by Crippen LogP contribution is 2.34. The average Bonchev–Trinajstić information content (AvgIpc) is 2.37. The Bertz CT molecular complexity index is 307. The second kappa shape index (κ2) is 5.63. The SMILES string of the molecule is CCC1(CO)CCN(C(=O)C(F)=C(C)C)CC1. The van der Waals surface area contributed by atoms with Crippen molar-refractivity contribution in [3.8, 4) is 0 Å². The van der Waals surface area contributed by atoms with Crippen LogP contribution in [-0.2, 0) is 4.79 Å². The Balaban J connectivity index is 2.64. The summed E-state index contributed by atoms with van der Waals surface area (Å²) < 4.78 is 13.5. The standard InChI is InChI=1S/C13H22FNO2/c1-4-13(9-16)5-7-15(8-6-13)12(17)11(14)10(2)3/h16H,4-9H2,1-3H3. The minimum atomic E-state index is -0.641. The quantitative estimate of drug-likeness (QED) is 0.772. The number of likely N-dealkylation sites (tertiary alicyclic amines) is 1. The molecule has 0 aromatic heterocycles. The number of rotatable bonds is 3. The van der Waals surface area contributed by atoms with Gasteiger partial charge in [0, 0.05) is 19.7 Å². The Morgan fingerprint density at radius 3 is 2.24 bits per heavy atom. The van der Waals surface area contributed by atoms with Crippen LogP contribution in [0, 0.1) is 5.41 Å². The van der Waals surface area contributed by atoms with E-state index in [9.17, 15) is 14.3 Å². The second-order valence-corrected chi connectivity index (χ2v) is 5.12. The van der Waals surface area contributed by atoms with Crippen LogP contribution in [0.2, 0.25) is 0 Å². The third-order valence-electron chi connectivity index (χ3n) is 3.82.